The van der Waals surface area contributed by atoms with E-state index >= 15 is 0 Å². The Bertz CT molecular complexity index is 1430. The number of carbonyl (C=O) groups excluding carboxylic acids is 2. The Morgan fingerprint density at radius 2 is 1.91 bits per heavy atom. The van der Waals surface area contributed by atoms with Crippen molar-refractivity contribution < 1.29 is 27.9 Å². The molecule has 1 N–H and O–H groups in total. The number of aliphatic hydroxyl groups excluding tert-OH is 1. The number of aryl methyl sites for hydroxylation is 1. The smallest absolute Gasteiger partial charge is 0.294 e. The van der Waals surface area contributed by atoms with Crippen molar-refractivity contribution in [3.63, 3.8) is 0 Å². The molecule has 0 fully saturated rings. The van der Waals surface area contributed by atoms with Crippen molar-refractivity contribution in [2.75, 3.05) is 4.90 Å². The Morgan fingerprint density at radius 3 is 2.62 bits per heavy atom. The summed E-state index contributed by atoms with van der Waals surface area (Å²) in [7, 11) is 0. The number of ketones is 1. The third kappa shape index (κ3) is 3.23. The Hall–Kier alpha value is -3.65. The molecule has 1 unspecified atom stereocenters. The van der Waals surface area contributed by atoms with Gasteiger partial charge in [-0.15, -0.1) is 0 Å². The molecule has 0 bridgehead atoms. The van der Waals surface area contributed by atoms with E-state index < -0.39 is 29.3 Å². The zero-order valence-corrected chi connectivity index (χ0v) is 18.2. The number of aliphatic hydroxyl groups is 1. The van der Waals surface area contributed by atoms with Gasteiger partial charge in [-0.2, -0.15) is 0 Å². The second-order valence-corrected chi connectivity index (χ2v) is 8.31. The van der Waals surface area contributed by atoms with Gasteiger partial charge in [0.15, 0.2) is 11.5 Å². The van der Waals surface area contributed by atoms with Crippen LogP contribution < -0.4 is 4.90 Å². The number of hydrogen-bond acceptors (Lipinski definition) is 5. The quantitative estimate of drug-likeness (QED) is 0.350. The molecule has 4 aromatic rings. The predicted octanol–water partition coefficient (Wildman–Crippen LogP) is 6.02. The summed E-state index contributed by atoms with van der Waals surface area (Å²) in [5.74, 6) is -2.03. The molecule has 1 atom stereocenters. The number of amides is 1. The lowest BCUT2D eigenvalue weighted by Crippen LogP contribution is -2.30. The molecule has 0 spiro atoms. The molecule has 2 aromatic carbocycles. The molecular weight excluding hydrogens is 481 g/mol. The van der Waals surface area contributed by atoms with Crippen LogP contribution in [0.15, 0.2) is 85.3 Å². The van der Waals surface area contributed by atoms with Gasteiger partial charge >= 0.3 is 0 Å². The van der Waals surface area contributed by atoms with E-state index in [4.69, 9.17) is 8.83 Å². The number of carbonyl (C=O) groups is 2. The van der Waals surface area contributed by atoms with E-state index in [-0.39, 0.29) is 22.8 Å². The summed E-state index contributed by atoms with van der Waals surface area (Å²) >= 11 is 3.37. The number of anilines is 1. The molecule has 1 aliphatic rings. The van der Waals surface area contributed by atoms with Crippen LogP contribution in [0.5, 0.6) is 0 Å². The molecule has 2 aromatic heterocycles. The van der Waals surface area contributed by atoms with Gasteiger partial charge in [0.05, 0.1) is 5.57 Å². The molecule has 1 aliphatic heterocycles. The van der Waals surface area contributed by atoms with E-state index in [9.17, 15) is 19.1 Å². The molecule has 6 nitrogen and oxygen atoms in total. The molecule has 3 heterocycles. The minimum absolute atomic E-state index is 0.0400. The normalized spacial score (nSPS) is 16.4. The van der Waals surface area contributed by atoms with Crippen LogP contribution >= 0.6 is 15.9 Å². The fourth-order valence-corrected chi connectivity index (χ4v) is 4.24. The summed E-state index contributed by atoms with van der Waals surface area (Å²) in [4.78, 5) is 27.7. The summed E-state index contributed by atoms with van der Waals surface area (Å²) in [6.07, 6.45) is 0. The van der Waals surface area contributed by atoms with Crippen molar-refractivity contribution in [3.05, 3.63) is 99.6 Å². The average molecular weight is 496 g/mol. The largest absolute Gasteiger partial charge is 0.503 e. The van der Waals surface area contributed by atoms with Gasteiger partial charge in [0.1, 0.15) is 29.0 Å². The van der Waals surface area contributed by atoms with Gasteiger partial charge < -0.3 is 13.9 Å². The number of halogens is 2. The summed E-state index contributed by atoms with van der Waals surface area (Å²) in [5.41, 5.74) is 0.456. The monoisotopic (exact) mass is 495 g/mol. The Kier molecular flexibility index (Phi) is 4.74. The Balaban J connectivity index is 1.66. The van der Waals surface area contributed by atoms with Gasteiger partial charge in [-0.25, -0.2) is 4.39 Å². The van der Waals surface area contributed by atoms with Crippen LogP contribution in [0.4, 0.5) is 10.1 Å². The first kappa shape index (κ1) is 20.3. The van der Waals surface area contributed by atoms with Crippen molar-refractivity contribution in [3.8, 4) is 0 Å². The predicted molar refractivity (Wildman–Crippen MR) is 118 cm³/mol. The van der Waals surface area contributed by atoms with Crippen molar-refractivity contribution >= 4 is 44.3 Å². The van der Waals surface area contributed by atoms with Crippen LogP contribution in [0.2, 0.25) is 0 Å². The maximum absolute atomic E-state index is 13.9. The van der Waals surface area contributed by atoms with Crippen molar-refractivity contribution in [1.82, 2.24) is 0 Å². The third-order valence-corrected chi connectivity index (χ3v) is 5.77. The number of nitrogens with zero attached hydrogens (tertiary/aromatic N) is 1. The molecule has 0 saturated carbocycles. The number of rotatable bonds is 4. The molecule has 160 valence electrons. The number of benzene rings is 2. The van der Waals surface area contributed by atoms with Crippen LogP contribution in [-0.4, -0.2) is 16.8 Å². The lowest BCUT2D eigenvalue weighted by Gasteiger charge is -2.24. The maximum atomic E-state index is 13.9. The van der Waals surface area contributed by atoms with Gasteiger partial charge in [-0.3, -0.25) is 14.5 Å². The van der Waals surface area contributed by atoms with Gasteiger partial charge in [0.25, 0.3) is 5.91 Å². The van der Waals surface area contributed by atoms with Gasteiger partial charge in [-0.05, 0) is 61.5 Å². The summed E-state index contributed by atoms with van der Waals surface area (Å²) in [6.45, 7) is 1.72. The first-order chi connectivity index (χ1) is 15.3. The van der Waals surface area contributed by atoms with E-state index in [0.717, 1.165) is 15.4 Å². The summed E-state index contributed by atoms with van der Waals surface area (Å²) < 4.78 is 26.1. The second kappa shape index (κ2) is 7.49. The maximum Gasteiger partial charge on any atom is 0.294 e. The van der Waals surface area contributed by atoms with Crippen molar-refractivity contribution in [2.24, 2.45) is 0 Å². The Morgan fingerprint density at radius 1 is 1.09 bits per heavy atom. The van der Waals surface area contributed by atoms with Gasteiger partial charge in [-0.1, -0.05) is 22.0 Å². The molecule has 32 heavy (non-hydrogen) atoms. The van der Waals surface area contributed by atoms with Crippen LogP contribution in [0.1, 0.15) is 28.1 Å². The highest BCUT2D eigenvalue weighted by Gasteiger charge is 2.47. The molecule has 0 aliphatic carbocycles. The van der Waals surface area contributed by atoms with E-state index in [1.807, 2.05) is 0 Å². The van der Waals surface area contributed by atoms with Crippen molar-refractivity contribution in [2.45, 2.75) is 13.0 Å². The highest BCUT2D eigenvalue weighted by Crippen LogP contribution is 2.43. The topological polar surface area (TPSA) is 83.9 Å². The molecule has 0 radical (unpaired) electrons. The van der Waals surface area contributed by atoms with Crippen LogP contribution in [0, 0.1) is 12.7 Å². The molecule has 0 saturated heterocycles. The van der Waals surface area contributed by atoms with E-state index in [1.54, 1.807) is 43.3 Å². The van der Waals surface area contributed by atoms with Crippen LogP contribution in [-0.2, 0) is 4.79 Å². The SMILES string of the molecule is Cc1ccc(C2C(C(=O)c3cc4cc(Br)ccc4o3)=C(O)C(=O)N2c2cccc(F)c2)o1. The average Bonchev–Trinajstić information content (AvgIpc) is 3.44. The fourth-order valence-electron chi connectivity index (χ4n) is 3.86. The van der Waals surface area contributed by atoms with E-state index in [0.29, 0.717) is 16.7 Å². The molecule has 8 heteroatoms. The zero-order chi connectivity index (χ0) is 22.6. The minimum atomic E-state index is -1.09. The Labute approximate surface area is 189 Å². The lowest BCUT2D eigenvalue weighted by atomic mass is 9.99. The minimum Gasteiger partial charge on any atom is -0.503 e. The van der Waals surface area contributed by atoms with Crippen molar-refractivity contribution in [1.29, 1.82) is 0 Å². The summed E-state index contributed by atoms with van der Waals surface area (Å²) in [6, 6.07) is 14.4. The highest BCUT2D eigenvalue weighted by atomic mass is 79.9. The molecular formula is C24H15BrFNO5. The molecule has 1 amide bonds. The van der Waals surface area contributed by atoms with E-state index in [2.05, 4.69) is 15.9 Å². The van der Waals surface area contributed by atoms with Gasteiger partial charge in [0.2, 0.25) is 5.78 Å². The standard InChI is InChI=1S/C24H15BrFNO5/c1-12-5-7-18(31-12)21-20(22(28)19-10-13-9-14(25)6-8-17(13)32-19)23(29)24(30)27(21)16-4-2-3-15(26)11-16/h2-11,21,29H,1H3. The second-order valence-electron chi connectivity index (χ2n) is 7.39. The van der Waals surface area contributed by atoms with Crippen LogP contribution in [0.25, 0.3) is 11.0 Å². The first-order valence-electron chi connectivity index (χ1n) is 9.66. The number of Topliss-reactive ketones (excluding diaryl/α,β-unsaturated/α-hetero) is 1. The molecule has 5 rings (SSSR count). The summed E-state index contributed by atoms with van der Waals surface area (Å²) in [5, 5.41) is 11.4. The van der Waals surface area contributed by atoms with E-state index in [1.165, 1.54) is 18.2 Å². The fraction of sp³-hybridized carbons (Fsp3) is 0.0833. The first-order valence-corrected chi connectivity index (χ1v) is 10.4. The highest BCUT2D eigenvalue weighted by molar-refractivity contribution is 9.10. The lowest BCUT2D eigenvalue weighted by molar-refractivity contribution is -0.117. The zero-order valence-electron chi connectivity index (χ0n) is 16.6. The van der Waals surface area contributed by atoms with Crippen LogP contribution in [0.3, 0.4) is 0 Å². The number of fused-ring (bicyclic) bond motifs is 1. The third-order valence-electron chi connectivity index (χ3n) is 5.27. The number of furan rings is 2. The van der Waals surface area contributed by atoms with Gasteiger partial charge in [0, 0.05) is 15.5 Å². The number of hydrogen-bond donors (Lipinski definition) is 1.